The van der Waals surface area contributed by atoms with Gasteiger partial charge in [0.2, 0.25) is 5.91 Å². The number of hydrogen-bond acceptors (Lipinski definition) is 3. The summed E-state index contributed by atoms with van der Waals surface area (Å²) in [5.41, 5.74) is 0. The topological polar surface area (TPSA) is 60.9 Å². The second kappa shape index (κ2) is 5.84. The Bertz CT molecular complexity index is 268. The van der Waals surface area contributed by atoms with Crippen LogP contribution in [0.25, 0.3) is 0 Å². The van der Waals surface area contributed by atoms with E-state index in [1.807, 2.05) is 4.90 Å². The first kappa shape index (κ1) is 13.0. The molecule has 1 aliphatic rings. The lowest BCUT2D eigenvalue weighted by molar-refractivity contribution is -0.139. The minimum atomic E-state index is -0.777. The van der Waals surface area contributed by atoms with E-state index in [9.17, 15) is 9.59 Å². The SMILES string of the molecule is CC(=O)N(C)C[C@@H]1CCCN(CC(=O)O)C1. The van der Waals surface area contributed by atoms with Crippen LogP contribution in [-0.2, 0) is 9.59 Å². The van der Waals surface area contributed by atoms with E-state index in [-0.39, 0.29) is 12.5 Å². The van der Waals surface area contributed by atoms with Gasteiger partial charge in [-0.05, 0) is 25.3 Å². The van der Waals surface area contributed by atoms with Crippen molar-refractivity contribution in [2.75, 3.05) is 33.2 Å². The maximum Gasteiger partial charge on any atom is 0.317 e. The quantitative estimate of drug-likeness (QED) is 0.750. The molecule has 1 N–H and O–H groups in total. The predicted molar refractivity (Wildman–Crippen MR) is 60.1 cm³/mol. The van der Waals surface area contributed by atoms with Gasteiger partial charge < -0.3 is 10.0 Å². The van der Waals surface area contributed by atoms with Crippen molar-refractivity contribution in [3.05, 3.63) is 0 Å². The van der Waals surface area contributed by atoms with E-state index in [0.29, 0.717) is 5.92 Å². The molecule has 1 saturated heterocycles. The lowest BCUT2D eigenvalue weighted by Crippen LogP contribution is -2.43. The predicted octanol–water partition coefficient (Wildman–Crippen LogP) is 0.261. The third-order valence-corrected chi connectivity index (χ3v) is 3.03. The number of rotatable bonds is 4. The number of carboxylic acids is 1. The van der Waals surface area contributed by atoms with Crippen molar-refractivity contribution in [1.29, 1.82) is 0 Å². The normalized spacial score (nSPS) is 21.8. The number of likely N-dealkylation sites (tertiary alicyclic amines) is 1. The van der Waals surface area contributed by atoms with Crippen molar-refractivity contribution >= 4 is 11.9 Å². The number of hydrogen-bond donors (Lipinski definition) is 1. The van der Waals surface area contributed by atoms with Crippen molar-refractivity contribution < 1.29 is 14.7 Å². The van der Waals surface area contributed by atoms with Crippen LogP contribution >= 0.6 is 0 Å². The Morgan fingerprint density at radius 1 is 1.50 bits per heavy atom. The van der Waals surface area contributed by atoms with Crippen molar-refractivity contribution in [2.24, 2.45) is 5.92 Å². The Balaban J connectivity index is 2.38. The third kappa shape index (κ3) is 4.18. The molecule has 92 valence electrons. The highest BCUT2D eigenvalue weighted by Gasteiger charge is 2.22. The highest BCUT2D eigenvalue weighted by Crippen LogP contribution is 2.16. The third-order valence-electron chi connectivity index (χ3n) is 3.03. The molecular formula is C11H20N2O3. The molecule has 0 aromatic carbocycles. The molecule has 1 rings (SSSR count). The Labute approximate surface area is 96.0 Å². The number of carbonyl (C=O) groups is 2. The Morgan fingerprint density at radius 2 is 2.19 bits per heavy atom. The van der Waals surface area contributed by atoms with E-state index < -0.39 is 5.97 Å². The van der Waals surface area contributed by atoms with Crippen molar-refractivity contribution in [3.8, 4) is 0 Å². The van der Waals surface area contributed by atoms with Crippen LogP contribution in [0, 0.1) is 5.92 Å². The number of carbonyl (C=O) groups excluding carboxylic acids is 1. The molecule has 0 aromatic heterocycles. The molecule has 16 heavy (non-hydrogen) atoms. The minimum Gasteiger partial charge on any atom is -0.480 e. The number of piperidine rings is 1. The summed E-state index contributed by atoms with van der Waals surface area (Å²) >= 11 is 0. The molecule has 5 nitrogen and oxygen atoms in total. The first-order valence-electron chi connectivity index (χ1n) is 5.65. The van der Waals surface area contributed by atoms with Gasteiger partial charge in [-0.15, -0.1) is 0 Å². The van der Waals surface area contributed by atoms with E-state index >= 15 is 0 Å². The second-order valence-electron chi connectivity index (χ2n) is 4.54. The van der Waals surface area contributed by atoms with E-state index in [1.165, 1.54) is 0 Å². The van der Waals surface area contributed by atoms with Crippen LogP contribution < -0.4 is 0 Å². The molecule has 0 radical (unpaired) electrons. The summed E-state index contributed by atoms with van der Waals surface area (Å²) < 4.78 is 0. The van der Waals surface area contributed by atoms with E-state index in [2.05, 4.69) is 0 Å². The second-order valence-corrected chi connectivity index (χ2v) is 4.54. The van der Waals surface area contributed by atoms with Gasteiger partial charge in [0.05, 0.1) is 6.54 Å². The number of aliphatic carboxylic acids is 1. The van der Waals surface area contributed by atoms with Gasteiger partial charge in [-0.2, -0.15) is 0 Å². The monoisotopic (exact) mass is 228 g/mol. The molecule has 0 aromatic rings. The first-order valence-corrected chi connectivity index (χ1v) is 5.65. The fourth-order valence-corrected chi connectivity index (χ4v) is 2.15. The van der Waals surface area contributed by atoms with Crippen molar-refractivity contribution in [1.82, 2.24) is 9.80 Å². The zero-order valence-corrected chi connectivity index (χ0v) is 9.98. The molecule has 1 heterocycles. The van der Waals surface area contributed by atoms with Crippen LogP contribution in [0.3, 0.4) is 0 Å². The van der Waals surface area contributed by atoms with Crippen LogP contribution in [0.2, 0.25) is 0 Å². The average Bonchev–Trinajstić information content (AvgIpc) is 2.16. The molecule has 1 aliphatic heterocycles. The summed E-state index contributed by atoms with van der Waals surface area (Å²) in [6.45, 7) is 4.03. The standard InChI is InChI=1S/C11H20N2O3/c1-9(14)12(2)6-10-4-3-5-13(7-10)8-11(15)16/h10H,3-8H2,1-2H3,(H,15,16)/t10-/m0/s1. The maximum atomic E-state index is 11.1. The van der Waals surface area contributed by atoms with Crippen LogP contribution in [0.4, 0.5) is 0 Å². The molecule has 0 aliphatic carbocycles. The fraction of sp³-hybridized carbons (Fsp3) is 0.818. The Hall–Kier alpha value is -1.10. The molecule has 1 amide bonds. The van der Waals surface area contributed by atoms with E-state index in [4.69, 9.17) is 5.11 Å². The highest BCUT2D eigenvalue weighted by atomic mass is 16.4. The molecule has 1 fully saturated rings. The smallest absolute Gasteiger partial charge is 0.317 e. The molecule has 5 heteroatoms. The molecule has 0 saturated carbocycles. The Kier molecular flexibility index (Phi) is 4.73. The summed E-state index contributed by atoms with van der Waals surface area (Å²) in [6.07, 6.45) is 2.09. The molecule has 0 unspecified atom stereocenters. The fourth-order valence-electron chi connectivity index (χ4n) is 2.15. The van der Waals surface area contributed by atoms with Crippen LogP contribution in [-0.4, -0.2) is 60.0 Å². The van der Waals surface area contributed by atoms with Crippen LogP contribution in [0.15, 0.2) is 0 Å². The first-order chi connectivity index (χ1) is 7.49. The van der Waals surface area contributed by atoms with Gasteiger partial charge in [0.15, 0.2) is 0 Å². The van der Waals surface area contributed by atoms with E-state index in [1.54, 1.807) is 18.9 Å². The van der Waals surface area contributed by atoms with Crippen LogP contribution in [0.1, 0.15) is 19.8 Å². The summed E-state index contributed by atoms with van der Waals surface area (Å²) in [5, 5.41) is 8.72. The molecular weight excluding hydrogens is 208 g/mol. The lowest BCUT2D eigenvalue weighted by atomic mass is 9.97. The largest absolute Gasteiger partial charge is 0.480 e. The minimum absolute atomic E-state index is 0.0651. The van der Waals surface area contributed by atoms with Gasteiger partial charge in [-0.25, -0.2) is 0 Å². The highest BCUT2D eigenvalue weighted by molar-refractivity contribution is 5.72. The van der Waals surface area contributed by atoms with E-state index in [0.717, 1.165) is 32.5 Å². The van der Waals surface area contributed by atoms with Gasteiger partial charge >= 0.3 is 5.97 Å². The van der Waals surface area contributed by atoms with Crippen LogP contribution in [0.5, 0.6) is 0 Å². The van der Waals surface area contributed by atoms with Crippen molar-refractivity contribution in [3.63, 3.8) is 0 Å². The van der Waals surface area contributed by atoms with Gasteiger partial charge in [0.25, 0.3) is 0 Å². The summed E-state index contributed by atoms with van der Waals surface area (Å²) in [4.78, 5) is 25.3. The number of nitrogens with zero attached hydrogens (tertiary/aromatic N) is 2. The maximum absolute atomic E-state index is 11.1. The summed E-state index contributed by atoms with van der Waals surface area (Å²) in [6, 6.07) is 0. The number of amides is 1. The average molecular weight is 228 g/mol. The zero-order chi connectivity index (χ0) is 12.1. The molecule has 0 bridgehead atoms. The Morgan fingerprint density at radius 3 is 2.75 bits per heavy atom. The van der Waals surface area contributed by atoms with Gasteiger partial charge in [0.1, 0.15) is 0 Å². The summed E-state index contributed by atoms with van der Waals surface area (Å²) in [7, 11) is 1.79. The lowest BCUT2D eigenvalue weighted by Gasteiger charge is -2.33. The molecule has 1 atom stereocenters. The summed E-state index contributed by atoms with van der Waals surface area (Å²) in [5.74, 6) is -0.307. The molecule has 0 spiro atoms. The van der Waals surface area contributed by atoms with Gasteiger partial charge in [-0.1, -0.05) is 0 Å². The van der Waals surface area contributed by atoms with Gasteiger partial charge in [-0.3, -0.25) is 14.5 Å². The zero-order valence-electron chi connectivity index (χ0n) is 9.98. The number of carboxylic acid groups (broad SMARTS) is 1. The van der Waals surface area contributed by atoms with Crippen molar-refractivity contribution in [2.45, 2.75) is 19.8 Å². The van der Waals surface area contributed by atoms with Gasteiger partial charge in [0, 0.05) is 27.1 Å².